The maximum Gasteiger partial charge on any atom is 0.339 e. The molecule has 1 heterocycles. The highest BCUT2D eigenvalue weighted by Gasteiger charge is 2.35. The first-order valence-electron chi connectivity index (χ1n) is 13.0. The average molecular weight is 646 g/mol. The summed E-state index contributed by atoms with van der Waals surface area (Å²) >= 11 is 13.4. The molecule has 0 bridgehead atoms. The number of halogens is 2. The number of thioether (sulfide) groups is 1. The van der Waals surface area contributed by atoms with Gasteiger partial charge in [-0.25, -0.2) is 4.99 Å². The first-order chi connectivity index (χ1) is 20.7. The highest BCUT2D eigenvalue weighted by molar-refractivity contribution is 8.19. The van der Waals surface area contributed by atoms with Crippen LogP contribution in [0.2, 0.25) is 10.0 Å². The van der Waals surface area contributed by atoms with E-state index in [4.69, 9.17) is 32.4 Å². The Hall–Kier alpha value is -4.08. The summed E-state index contributed by atoms with van der Waals surface area (Å²) in [5.74, 6) is -0.235. The fourth-order valence-electron chi connectivity index (χ4n) is 4.49. The summed E-state index contributed by atoms with van der Waals surface area (Å²) in [6.07, 6.45) is 1.66. The fraction of sp³-hybridized carbons (Fsp3) is 0.0303. The molecule has 10 heteroatoms. The van der Waals surface area contributed by atoms with Crippen LogP contribution in [-0.4, -0.2) is 19.5 Å². The molecule has 1 aliphatic rings. The third-order valence-corrected chi connectivity index (χ3v) is 9.38. The predicted octanol–water partition coefficient (Wildman–Crippen LogP) is 9.03. The van der Waals surface area contributed by atoms with Gasteiger partial charge in [0.25, 0.3) is 5.91 Å². The maximum absolute atomic E-state index is 14.0. The Balaban J connectivity index is 1.47. The number of amides is 1. The Kier molecular flexibility index (Phi) is 8.03. The lowest BCUT2D eigenvalue weighted by atomic mass is 10.0. The van der Waals surface area contributed by atoms with Crippen molar-refractivity contribution >= 4 is 84.4 Å². The van der Waals surface area contributed by atoms with E-state index in [0.717, 1.165) is 16.3 Å². The van der Waals surface area contributed by atoms with Gasteiger partial charge in [-0.15, -0.1) is 0 Å². The van der Waals surface area contributed by atoms with Gasteiger partial charge < -0.3 is 4.18 Å². The summed E-state index contributed by atoms with van der Waals surface area (Å²) in [5.41, 5.74) is 2.56. The summed E-state index contributed by atoms with van der Waals surface area (Å²) in [6.45, 7) is 1.87. The molecule has 43 heavy (non-hydrogen) atoms. The smallest absolute Gasteiger partial charge is 0.339 e. The number of carbonyl (C=O) groups is 1. The van der Waals surface area contributed by atoms with E-state index in [9.17, 15) is 13.2 Å². The van der Waals surface area contributed by atoms with Crippen molar-refractivity contribution in [1.82, 2.24) is 0 Å². The molecule has 0 unspecified atom stereocenters. The number of anilines is 1. The standard InChI is InChI=1S/C33H22Cl2N2O4S2/c1-21-6-17-27(18-7-21)43(39,40)41-30-19-8-22-4-2-3-5-28(22)29(30)20-31-32(38)37(26-15-11-24(35)12-16-26)33(42-31)36-25-13-9-23(34)10-14-25/h2-20H,1H3/b31-20-,36-33?. The number of hydrogen-bond donors (Lipinski definition) is 0. The van der Waals surface area contributed by atoms with Crippen molar-refractivity contribution in [3.63, 3.8) is 0 Å². The Labute approximate surface area is 263 Å². The van der Waals surface area contributed by atoms with Gasteiger partial charge in [-0.2, -0.15) is 8.42 Å². The Morgan fingerprint density at radius 3 is 2.16 bits per heavy atom. The van der Waals surface area contributed by atoms with Gasteiger partial charge in [0.1, 0.15) is 4.90 Å². The number of amidine groups is 1. The van der Waals surface area contributed by atoms with E-state index in [2.05, 4.69) is 0 Å². The van der Waals surface area contributed by atoms with Crippen LogP contribution in [0.3, 0.4) is 0 Å². The molecule has 1 aliphatic heterocycles. The Morgan fingerprint density at radius 1 is 0.814 bits per heavy atom. The molecule has 1 saturated heterocycles. The third kappa shape index (κ3) is 6.19. The molecule has 5 aromatic rings. The molecule has 0 aliphatic carbocycles. The lowest BCUT2D eigenvalue weighted by molar-refractivity contribution is -0.113. The molecule has 6 nitrogen and oxygen atoms in total. The topological polar surface area (TPSA) is 76.0 Å². The zero-order chi connectivity index (χ0) is 30.1. The summed E-state index contributed by atoms with van der Waals surface area (Å²) in [7, 11) is -4.16. The molecule has 0 spiro atoms. The molecule has 1 amide bonds. The van der Waals surface area contributed by atoms with E-state index < -0.39 is 10.1 Å². The molecular formula is C33H22Cl2N2O4S2. The minimum absolute atomic E-state index is 0.0301. The van der Waals surface area contributed by atoms with E-state index in [0.29, 0.717) is 37.1 Å². The van der Waals surface area contributed by atoms with Crippen molar-refractivity contribution in [2.45, 2.75) is 11.8 Å². The predicted molar refractivity (Wildman–Crippen MR) is 176 cm³/mol. The largest absolute Gasteiger partial charge is 0.378 e. The number of fused-ring (bicyclic) bond motifs is 1. The summed E-state index contributed by atoms with van der Waals surface area (Å²) < 4.78 is 32.3. The number of aliphatic imine (C=N–C) groups is 1. The SMILES string of the molecule is Cc1ccc(S(=O)(=O)Oc2ccc3ccccc3c2/C=C2\SC(=Nc3ccc(Cl)cc3)N(c3ccc(Cl)cc3)C2=O)cc1. The van der Waals surface area contributed by atoms with Gasteiger partial charge in [0.05, 0.1) is 16.3 Å². The van der Waals surface area contributed by atoms with Gasteiger partial charge >= 0.3 is 10.1 Å². The molecule has 0 saturated carbocycles. The lowest BCUT2D eigenvalue weighted by Gasteiger charge is -2.16. The van der Waals surface area contributed by atoms with E-state index in [-0.39, 0.29) is 16.6 Å². The Morgan fingerprint density at radius 2 is 1.47 bits per heavy atom. The molecular weight excluding hydrogens is 623 g/mol. The van der Waals surface area contributed by atoms with Gasteiger partial charge in [0.15, 0.2) is 10.9 Å². The van der Waals surface area contributed by atoms with Crippen LogP contribution in [0.5, 0.6) is 5.75 Å². The van der Waals surface area contributed by atoms with Crippen LogP contribution >= 0.6 is 35.0 Å². The Bertz CT molecular complexity index is 2030. The zero-order valence-corrected chi connectivity index (χ0v) is 25.7. The van der Waals surface area contributed by atoms with Crippen LogP contribution in [0, 0.1) is 6.92 Å². The molecule has 0 atom stereocenters. The lowest BCUT2D eigenvalue weighted by Crippen LogP contribution is -2.28. The van der Waals surface area contributed by atoms with Crippen LogP contribution in [0.1, 0.15) is 11.1 Å². The maximum atomic E-state index is 14.0. The minimum atomic E-state index is -4.16. The summed E-state index contributed by atoms with van der Waals surface area (Å²) in [4.78, 5) is 20.6. The van der Waals surface area contributed by atoms with E-state index in [1.807, 2.05) is 31.2 Å². The second-order valence-corrected chi connectivity index (χ2v) is 13.1. The van der Waals surface area contributed by atoms with E-state index in [1.54, 1.807) is 78.9 Å². The number of hydrogen-bond acceptors (Lipinski definition) is 6. The van der Waals surface area contributed by atoms with Crippen LogP contribution in [-0.2, 0) is 14.9 Å². The second-order valence-electron chi connectivity index (χ2n) is 9.65. The fourth-order valence-corrected chi connectivity index (χ4v) is 6.67. The second kappa shape index (κ2) is 11.9. The number of rotatable bonds is 6. The first kappa shape index (κ1) is 29.0. The van der Waals surface area contributed by atoms with Crippen LogP contribution in [0.15, 0.2) is 124 Å². The van der Waals surface area contributed by atoms with Crippen molar-refractivity contribution in [1.29, 1.82) is 0 Å². The normalized spacial score (nSPS) is 15.5. The van der Waals surface area contributed by atoms with Crippen molar-refractivity contribution < 1.29 is 17.4 Å². The molecule has 214 valence electrons. The van der Waals surface area contributed by atoms with Gasteiger partial charge in [-0.05, 0) is 102 Å². The average Bonchev–Trinajstić information content (AvgIpc) is 3.30. The van der Waals surface area contributed by atoms with Gasteiger partial charge in [0, 0.05) is 15.6 Å². The highest BCUT2D eigenvalue weighted by Crippen LogP contribution is 2.40. The molecule has 0 N–H and O–H groups in total. The first-order valence-corrected chi connectivity index (χ1v) is 16.0. The van der Waals surface area contributed by atoms with Crippen molar-refractivity contribution in [2.75, 3.05) is 4.90 Å². The third-order valence-electron chi connectivity index (χ3n) is 6.66. The van der Waals surface area contributed by atoms with Gasteiger partial charge in [-0.3, -0.25) is 9.69 Å². The summed E-state index contributed by atoms with van der Waals surface area (Å²) in [6, 6.07) is 31.1. The number of aryl methyl sites for hydroxylation is 1. The molecule has 5 aromatic carbocycles. The minimum Gasteiger partial charge on any atom is -0.378 e. The zero-order valence-electron chi connectivity index (χ0n) is 22.6. The number of carbonyl (C=O) groups excluding carboxylic acids is 1. The molecule has 1 fully saturated rings. The van der Waals surface area contributed by atoms with Crippen LogP contribution in [0.4, 0.5) is 11.4 Å². The van der Waals surface area contributed by atoms with E-state index in [1.165, 1.54) is 28.8 Å². The van der Waals surface area contributed by atoms with Gasteiger partial charge in [-0.1, -0.05) is 71.2 Å². The monoisotopic (exact) mass is 644 g/mol. The van der Waals surface area contributed by atoms with Crippen molar-refractivity contribution in [3.8, 4) is 5.75 Å². The van der Waals surface area contributed by atoms with Crippen LogP contribution < -0.4 is 9.08 Å². The molecule has 0 radical (unpaired) electrons. The molecule has 0 aromatic heterocycles. The van der Waals surface area contributed by atoms with Crippen LogP contribution in [0.25, 0.3) is 16.8 Å². The van der Waals surface area contributed by atoms with Crippen molar-refractivity contribution in [3.05, 3.63) is 135 Å². The van der Waals surface area contributed by atoms with Crippen molar-refractivity contribution in [2.24, 2.45) is 4.99 Å². The number of nitrogens with zero attached hydrogens (tertiary/aromatic N) is 2. The quantitative estimate of drug-likeness (QED) is 0.136. The summed E-state index contributed by atoms with van der Waals surface area (Å²) in [5, 5.41) is 3.09. The number of benzene rings is 5. The van der Waals surface area contributed by atoms with Gasteiger partial charge in [0.2, 0.25) is 0 Å². The van der Waals surface area contributed by atoms with E-state index >= 15 is 0 Å². The molecule has 6 rings (SSSR count). The highest BCUT2D eigenvalue weighted by atomic mass is 35.5.